The van der Waals surface area contributed by atoms with Crippen LogP contribution in [0.25, 0.3) is 17.0 Å². The number of pyridine rings is 1. The van der Waals surface area contributed by atoms with Crippen molar-refractivity contribution in [2.24, 2.45) is 0 Å². The molecule has 0 unspecified atom stereocenters. The van der Waals surface area contributed by atoms with Gasteiger partial charge in [0.05, 0.1) is 5.52 Å². The summed E-state index contributed by atoms with van der Waals surface area (Å²) >= 11 is 0. The van der Waals surface area contributed by atoms with Crippen LogP contribution in [-0.2, 0) is 11.3 Å². The van der Waals surface area contributed by atoms with Gasteiger partial charge < -0.3 is 10.1 Å². The van der Waals surface area contributed by atoms with Gasteiger partial charge in [-0.15, -0.1) is 0 Å². The Labute approximate surface area is 147 Å². The van der Waals surface area contributed by atoms with Crippen molar-refractivity contribution in [2.75, 3.05) is 6.54 Å². The molecule has 1 aromatic heterocycles. The second-order valence-corrected chi connectivity index (χ2v) is 5.64. The summed E-state index contributed by atoms with van der Waals surface area (Å²) in [6.45, 7) is 0.822. The Morgan fingerprint density at radius 1 is 1.08 bits per heavy atom. The van der Waals surface area contributed by atoms with E-state index in [1.165, 1.54) is 0 Å². The number of alkyl carbamates (subject to hydrolysis) is 1. The Morgan fingerprint density at radius 2 is 1.96 bits per heavy atom. The Kier molecular flexibility index (Phi) is 5.77. The summed E-state index contributed by atoms with van der Waals surface area (Å²) in [7, 11) is 0. The lowest BCUT2D eigenvalue weighted by atomic mass is 10.1. The zero-order valence-electron chi connectivity index (χ0n) is 13.9. The molecule has 4 nitrogen and oxygen atoms in total. The molecule has 25 heavy (non-hydrogen) atoms. The van der Waals surface area contributed by atoms with Gasteiger partial charge in [-0.1, -0.05) is 60.7 Å². The van der Waals surface area contributed by atoms with E-state index >= 15 is 0 Å². The summed E-state index contributed by atoms with van der Waals surface area (Å²) in [6.07, 6.45) is 6.20. The first kappa shape index (κ1) is 16.7. The molecule has 0 aliphatic carbocycles. The molecule has 0 radical (unpaired) electrons. The minimum absolute atomic E-state index is 0.284. The average molecular weight is 332 g/mol. The lowest BCUT2D eigenvalue weighted by Crippen LogP contribution is -2.24. The topological polar surface area (TPSA) is 51.2 Å². The second kappa shape index (κ2) is 8.64. The maximum Gasteiger partial charge on any atom is 0.407 e. The molecule has 0 aliphatic heterocycles. The summed E-state index contributed by atoms with van der Waals surface area (Å²) in [5.74, 6) is 0. The monoisotopic (exact) mass is 332 g/mol. The van der Waals surface area contributed by atoms with Gasteiger partial charge in [-0.05, 0) is 29.7 Å². The zero-order chi connectivity index (χ0) is 17.3. The molecule has 1 heterocycles. The SMILES string of the molecule is O=C(NCCC=Cc1ccc2cccnc2c1)OCc1ccccc1. The first-order valence-electron chi connectivity index (χ1n) is 8.27. The van der Waals surface area contributed by atoms with Crippen molar-refractivity contribution in [3.63, 3.8) is 0 Å². The number of benzene rings is 2. The molecule has 2 aromatic carbocycles. The molecule has 1 N–H and O–H groups in total. The molecule has 4 heteroatoms. The van der Waals surface area contributed by atoms with Crippen molar-refractivity contribution in [3.05, 3.63) is 84.1 Å². The van der Waals surface area contributed by atoms with E-state index in [4.69, 9.17) is 4.74 Å². The molecular formula is C21H20N2O2. The van der Waals surface area contributed by atoms with Gasteiger partial charge in [0.15, 0.2) is 0 Å². The van der Waals surface area contributed by atoms with Crippen LogP contribution in [0, 0.1) is 0 Å². The maximum atomic E-state index is 11.6. The van der Waals surface area contributed by atoms with E-state index in [0.717, 1.165) is 28.5 Å². The lowest BCUT2D eigenvalue weighted by Gasteiger charge is -2.05. The van der Waals surface area contributed by atoms with Gasteiger partial charge in [0, 0.05) is 18.1 Å². The number of hydrogen-bond donors (Lipinski definition) is 1. The molecule has 0 bridgehead atoms. The summed E-state index contributed by atoms with van der Waals surface area (Å²) in [6, 6.07) is 19.8. The number of carbonyl (C=O) groups is 1. The van der Waals surface area contributed by atoms with Crippen molar-refractivity contribution >= 4 is 23.1 Å². The number of nitrogens with one attached hydrogen (secondary N) is 1. The minimum atomic E-state index is -0.396. The lowest BCUT2D eigenvalue weighted by molar-refractivity contribution is 0.140. The van der Waals surface area contributed by atoms with Gasteiger partial charge in [0.1, 0.15) is 6.61 Å². The quantitative estimate of drug-likeness (QED) is 0.673. The summed E-state index contributed by atoms with van der Waals surface area (Å²) in [5.41, 5.74) is 3.05. The number of rotatable bonds is 6. The van der Waals surface area contributed by atoms with Gasteiger partial charge in [0.25, 0.3) is 0 Å². The van der Waals surface area contributed by atoms with Crippen LogP contribution in [0.1, 0.15) is 17.5 Å². The highest BCUT2D eigenvalue weighted by Crippen LogP contribution is 2.14. The number of hydrogen-bond acceptors (Lipinski definition) is 3. The van der Waals surface area contributed by atoms with Crippen LogP contribution >= 0.6 is 0 Å². The maximum absolute atomic E-state index is 11.6. The summed E-state index contributed by atoms with van der Waals surface area (Å²) in [5, 5.41) is 3.87. The van der Waals surface area contributed by atoms with E-state index in [1.54, 1.807) is 6.20 Å². The number of aromatic nitrogens is 1. The summed E-state index contributed by atoms with van der Waals surface area (Å²) in [4.78, 5) is 16.0. The van der Waals surface area contributed by atoms with E-state index in [-0.39, 0.29) is 6.61 Å². The molecule has 0 saturated carbocycles. The van der Waals surface area contributed by atoms with E-state index < -0.39 is 6.09 Å². The molecule has 0 aliphatic rings. The fourth-order valence-electron chi connectivity index (χ4n) is 2.44. The number of amides is 1. The minimum Gasteiger partial charge on any atom is -0.445 e. The van der Waals surface area contributed by atoms with Gasteiger partial charge in [0.2, 0.25) is 0 Å². The van der Waals surface area contributed by atoms with Crippen LogP contribution in [0.15, 0.2) is 72.9 Å². The smallest absolute Gasteiger partial charge is 0.407 e. The average Bonchev–Trinajstić information content (AvgIpc) is 2.67. The predicted molar refractivity (Wildman–Crippen MR) is 100 cm³/mol. The van der Waals surface area contributed by atoms with E-state index in [0.29, 0.717) is 6.54 Å². The van der Waals surface area contributed by atoms with Crippen LogP contribution in [0.2, 0.25) is 0 Å². The molecule has 0 spiro atoms. The predicted octanol–water partition coefficient (Wildman–Crippen LogP) is 4.56. The standard InChI is InChI=1S/C21H20N2O2/c24-21(25-16-18-8-2-1-3-9-18)23-13-5-4-7-17-11-12-19-10-6-14-22-20(19)15-17/h1-4,6-12,14-15H,5,13,16H2,(H,23,24). The van der Waals surface area contributed by atoms with Gasteiger partial charge in [-0.3, -0.25) is 4.98 Å². The van der Waals surface area contributed by atoms with Crippen LogP contribution in [0.4, 0.5) is 4.79 Å². The van der Waals surface area contributed by atoms with Gasteiger partial charge in [-0.25, -0.2) is 4.79 Å². The molecule has 1 amide bonds. The molecular weight excluding hydrogens is 312 g/mol. The van der Waals surface area contributed by atoms with Crippen LogP contribution in [0.3, 0.4) is 0 Å². The van der Waals surface area contributed by atoms with Crippen LogP contribution < -0.4 is 5.32 Å². The summed E-state index contributed by atoms with van der Waals surface area (Å²) < 4.78 is 5.16. The first-order chi connectivity index (χ1) is 12.3. The Balaban J connectivity index is 1.39. The highest BCUT2D eigenvalue weighted by atomic mass is 16.5. The Morgan fingerprint density at radius 3 is 2.84 bits per heavy atom. The number of carbonyl (C=O) groups excluding carboxylic acids is 1. The number of nitrogens with zero attached hydrogens (tertiary/aromatic N) is 1. The molecule has 126 valence electrons. The van der Waals surface area contributed by atoms with Crippen molar-refractivity contribution in [1.82, 2.24) is 10.3 Å². The highest BCUT2D eigenvalue weighted by molar-refractivity contribution is 5.80. The van der Waals surface area contributed by atoms with E-state index in [2.05, 4.69) is 22.4 Å². The molecule has 3 aromatic rings. The third-order valence-corrected chi connectivity index (χ3v) is 3.73. The molecule has 3 rings (SSSR count). The number of fused-ring (bicyclic) bond motifs is 1. The third kappa shape index (κ3) is 5.18. The van der Waals surface area contributed by atoms with Gasteiger partial charge in [-0.2, -0.15) is 0 Å². The van der Waals surface area contributed by atoms with Crippen molar-refractivity contribution in [1.29, 1.82) is 0 Å². The van der Waals surface area contributed by atoms with Crippen molar-refractivity contribution in [3.8, 4) is 0 Å². The van der Waals surface area contributed by atoms with Gasteiger partial charge >= 0.3 is 6.09 Å². The third-order valence-electron chi connectivity index (χ3n) is 3.73. The fourth-order valence-corrected chi connectivity index (χ4v) is 2.44. The normalized spacial score (nSPS) is 10.9. The molecule has 0 saturated heterocycles. The zero-order valence-corrected chi connectivity index (χ0v) is 13.9. The highest BCUT2D eigenvalue weighted by Gasteiger charge is 2.00. The first-order valence-corrected chi connectivity index (χ1v) is 8.27. The van der Waals surface area contributed by atoms with Crippen molar-refractivity contribution < 1.29 is 9.53 Å². The van der Waals surface area contributed by atoms with Crippen LogP contribution in [-0.4, -0.2) is 17.6 Å². The Bertz CT molecular complexity index is 860. The largest absolute Gasteiger partial charge is 0.445 e. The van der Waals surface area contributed by atoms with Crippen molar-refractivity contribution in [2.45, 2.75) is 13.0 Å². The van der Waals surface area contributed by atoms with E-state index in [9.17, 15) is 4.79 Å². The van der Waals surface area contributed by atoms with Crippen LogP contribution in [0.5, 0.6) is 0 Å². The number of ether oxygens (including phenoxy) is 1. The fraction of sp³-hybridized carbons (Fsp3) is 0.143. The Hall–Kier alpha value is -3.14. The van der Waals surface area contributed by atoms with E-state index in [1.807, 2.05) is 60.7 Å². The molecule has 0 atom stereocenters. The second-order valence-electron chi connectivity index (χ2n) is 5.64. The molecule has 0 fully saturated rings.